The molecule has 16 heavy (non-hydrogen) atoms. The van der Waals surface area contributed by atoms with Gasteiger partial charge >= 0.3 is 0 Å². The monoisotopic (exact) mass is 222 g/mol. The van der Waals surface area contributed by atoms with Crippen molar-refractivity contribution in [1.29, 1.82) is 0 Å². The molecule has 0 aliphatic heterocycles. The number of aliphatic hydroxyl groups is 1. The molecule has 0 aromatic carbocycles. The number of aromatic nitrogens is 2. The van der Waals surface area contributed by atoms with E-state index in [0.717, 1.165) is 18.9 Å². The van der Waals surface area contributed by atoms with Crippen LogP contribution in [0, 0.1) is 0 Å². The topological polar surface area (TPSA) is 75.3 Å². The van der Waals surface area contributed by atoms with Crippen molar-refractivity contribution in [2.75, 3.05) is 23.8 Å². The van der Waals surface area contributed by atoms with Gasteiger partial charge < -0.3 is 15.7 Å². The minimum absolute atomic E-state index is 0.207. The second-order valence-electron chi connectivity index (χ2n) is 4.17. The van der Waals surface area contributed by atoms with Gasteiger partial charge in [0.15, 0.2) is 0 Å². The lowest BCUT2D eigenvalue weighted by Crippen LogP contribution is -2.42. The summed E-state index contributed by atoms with van der Waals surface area (Å²) in [6.45, 7) is 1.02. The normalized spacial score (nSPS) is 15.8. The number of nitrogens with zero attached hydrogens (tertiary/aromatic N) is 3. The smallest absolute Gasteiger partial charge is 0.225 e. The number of hydrogen-bond acceptors (Lipinski definition) is 5. The molecule has 0 unspecified atom stereocenters. The van der Waals surface area contributed by atoms with Crippen molar-refractivity contribution < 1.29 is 5.11 Å². The fourth-order valence-electron chi connectivity index (χ4n) is 1.86. The molecule has 2 rings (SSSR count). The molecule has 1 aromatic rings. The minimum Gasteiger partial charge on any atom is -0.396 e. The third kappa shape index (κ3) is 2.41. The molecule has 88 valence electrons. The molecule has 1 aliphatic rings. The number of rotatable bonds is 5. The first-order valence-electron chi connectivity index (χ1n) is 5.76. The lowest BCUT2D eigenvalue weighted by molar-refractivity contribution is 0.282. The zero-order valence-corrected chi connectivity index (χ0v) is 9.34. The van der Waals surface area contributed by atoms with Gasteiger partial charge in [-0.1, -0.05) is 0 Å². The Bertz CT molecular complexity index is 323. The average Bonchev–Trinajstić information content (AvgIpc) is 2.23. The highest BCUT2D eigenvalue weighted by Crippen LogP contribution is 2.27. The molecule has 0 atom stereocenters. The van der Waals surface area contributed by atoms with Gasteiger partial charge in [-0.2, -0.15) is 0 Å². The molecular formula is C11H18N4O. The van der Waals surface area contributed by atoms with Gasteiger partial charge in [-0.15, -0.1) is 0 Å². The van der Waals surface area contributed by atoms with Crippen molar-refractivity contribution in [2.24, 2.45) is 0 Å². The highest BCUT2D eigenvalue weighted by atomic mass is 16.3. The Morgan fingerprint density at radius 1 is 1.38 bits per heavy atom. The van der Waals surface area contributed by atoms with Crippen LogP contribution in [-0.4, -0.2) is 34.3 Å². The number of nitrogen functional groups attached to an aromatic ring is 1. The fraction of sp³-hybridized carbons (Fsp3) is 0.636. The molecule has 0 bridgehead atoms. The minimum atomic E-state index is 0.207. The third-order valence-corrected chi connectivity index (χ3v) is 2.99. The van der Waals surface area contributed by atoms with Crippen LogP contribution in [-0.2, 0) is 0 Å². The number of anilines is 2. The van der Waals surface area contributed by atoms with E-state index < -0.39 is 0 Å². The predicted octanol–water partition coefficient (Wildman–Crippen LogP) is 0.800. The van der Waals surface area contributed by atoms with E-state index in [9.17, 15) is 0 Å². The van der Waals surface area contributed by atoms with E-state index in [0.29, 0.717) is 11.7 Å². The SMILES string of the molecule is Nc1cnc(N(CCCO)C2CCC2)nc1. The van der Waals surface area contributed by atoms with Crippen LogP contribution in [0.5, 0.6) is 0 Å². The summed E-state index contributed by atoms with van der Waals surface area (Å²) < 4.78 is 0. The molecule has 1 heterocycles. The molecular weight excluding hydrogens is 204 g/mol. The van der Waals surface area contributed by atoms with Crippen LogP contribution in [0.2, 0.25) is 0 Å². The van der Waals surface area contributed by atoms with E-state index in [2.05, 4.69) is 14.9 Å². The first-order valence-corrected chi connectivity index (χ1v) is 5.76. The Morgan fingerprint density at radius 2 is 2.06 bits per heavy atom. The summed E-state index contributed by atoms with van der Waals surface area (Å²) in [7, 11) is 0. The molecule has 0 radical (unpaired) electrons. The molecule has 0 saturated heterocycles. The maximum absolute atomic E-state index is 8.89. The fourth-order valence-corrected chi connectivity index (χ4v) is 1.86. The van der Waals surface area contributed by atoms with Crippen molar-refractivity contribution in [3.8, 4) is 0 Å². The maximum Gasteiger partial charge on any atom is 0.225 e. The Morgan fingerprint density at radius 3 is 2.56 bits per heavy atom. The molecule has 5 heteroatoms. The molecule has 1 aliphatic carbocycles. The average molecular weight is 222 g/mol. The van der Waals surface area contributed by atoms with Crippen molar-refractivity contribution in [3.05, 3.63) is 12.4 Å². The van der Waals surface area contributed by atoms with E-state index in [1.165, 1.54) is 19.3 Å². The highest BCUT2D eigenvalue weighted by molar-refractivity contribution is 5.39. The first-order chi connectivity index (χ1) is 7.81. The van der Waals surface area contributed by atoms with E-state index >= 15 is 0 Å². The predicted molar refractivity (Wildman–Crippen MR) is 63.1 cm³/mol. The second kappa shape index (κ2) is 5.12. The zero-order chi connectivity index (χ0) is 11.4. The van der Waals surface area contributed by atoms with Gasteiger partial charge in [0.1, 0.15) is 0 Å². The van der Waals surface area contributed by atoms with Gasteiger partial charge in [0.2, 0.25) is 5.95 Å². The molecule has 3 N–H and O–H groups in total. The molecule has 1 fully saturated rings. The van der Waals surface area contributed by atoms with E-state index in [1.807, 2.05) is 0 Å². The van der Waals surface area contributed by atoms with E-state index in [4.69, 9.17) is 10.8 Å². The summed E-state index contributed by atoms with van der Waals surface area (Å²) in [5.41, 5.74) is 6.15. The van der Waals surface area contributed by atoms with Gasteiger partial charge in [0.25, 0.3) is 0 Å². The highest BCUT2D eigenvalue weighted by Gasteiger charge is 2.26. The van der Waals surface area contributed by atoms with E-state index in [1.54, 1.807) is 12.4 Å². The van der Waals surface area contributed by atoms with Crippen LogP contribution in [0.25, 0.3) is 0 Å². The van der Waals surface area contributed by atoms with Crippen molar-refractivity contribution in [3.63, 3.8) is 0 Å². The third-order valence-electron chi connectivity index (χ3n) is 2.99. The van der Waals surface area contributed by atoms with Crippen LogP contribution in [0.3, 0.4) is 0 Å². The van der Waals surface area contributed by atoms with Gasteiger partial charge in [-0.25, -0.2) is 9.97 Å². The maximum atomic E-state index is 8.89. The molecule has 1 saturated carbocycles. The summed E-state index contributed by atoms with van der Waals surface area (Å²) in [4.78, 5) is 10.7. The standard InChI is InChI=1S/C11H18N4O/c12-9-7-13-11(14-8-9)15(5-2-6-16)10-3-1-4-10/h7-8,10,16H,1-6,12H2. The van der Waals surface area contributed by atoms with Crippen LogP contribution in [0.15, 0.2) is 12.4 Å². The largest absolute Gasteiger partial charge is 0.396 e. The number of hydrogen-bond donors (Lipinski definition) is 2. The lowest BCUT2D eigenvalue weighted by Gasteiger charge is -2.37. The van der Waals surface area contributed by atoms with Crippen molar-refractivity contribution >= 4 is 11.6 Å². The Kier molecular flexibility index (Phi) is 3.56. The summed E-state index contributed by atoms with van der Waals surface area (Å²) in [6, 6.07) is 0.537. The summed E-state index contributed by atoms with van der Waals surface area (Å²) in [5, 5.41) is 8.89. The molecule has 1 aromatic heterocycles. The van der Waals surface area contributed by atoms with Crippen LogP contribution >= 0.6 is 0 Å². The van der Waals surface area contributed by atoms with Gasteiger partial charge in [-0.05, 0) is 25.7 Å². The number of aliphatic hydroxyl groups excluding tert-OH is 1. The Balaban J connectivity index is 2.07. The number of nitrogens with two attached hydrogens (primary N) is 1. The molecule has 5 nitrogen and oxygen atoms in total. The van der Waals surface area contributed by atoms with Crippen LogP contribution in [0.1, 0.15) is 25.7 Å². The summed E-state index contributed by atoms with van der Waals surface area (Å²) in [6.07, 6.45) is 7.68. The summed E-state index contributed by atoms with van der Waals surface area (Å²) in [5.74, 6) is 0.729. The Hall–Kier alpha value is -1.36. The van der Waals surface area contributed by atoms with Gasteiger partial charge in [-0.3, -0.25) is 0 Å². The lowest BCUT2D eigenvalue weighted by atomic mass is 9.91. The van der Waals surface area contributed by atoms with E-state index in [-0.39, 0.29) is 6.61 Å². The quantitative estimate of drug-likeness (QED) is 0.770. The van der Waals surface area contributed by atoms with Gasteiger partial charge in [0.05, 0.1) is 18.1 Å². The molecule has 0 spiro atoms. The van der Waals surface area contributed by atoms with Crippen molar-refractivity contribution in [2.45, 2.75) is 31.7 Å². The summed E-state index contributed by atoms with van der Waals surface area (Å²) >= 11 is 0. The Labute approximate surface area is 95.3 Å². The van der Waals surface area contributed by atoms with Gasteiger partial charge in [0, 0.05) is 19.2 Å². The molecule has 0 amide bonds. The van der Waals surface area contributed by atoms with Crippen molar-refractivity contribution in [1.82, 2.24) is 9.97 Å². The zero-order valence-electron chi connectivity index (χ0n) is 9.34. The van der Waals surface area contributed by atoms with Crippen LogP contribution in [0.4, 0.5) is 11.6 Å². The second-order valence-corrected chi connectivity index (χ2v) is 4.17. The first kappa shape index (κ1) is 11.1. The van der Waals surface area contributed by atoms with Crippen LogP contribution < -0.4 is 10.6 Å².